The quantitative estimate of drug-likeness (QED) is 0.389. The van der Waals surface area contributed by atoms with Gasteiger partial charge in [0.15, 0.2) is 11.5 Å². The van der Waals surface area contributed by atoms with Gasteiger partial charge in [-0.1, -0.05) is 42.5 Å². The molecule has 0 amide bonds. The topological polar surface area (TPSA) is 44.5 Å². The molecular weight excluding hydrogens is 448 g/mol. The van der Waals surface area contributed by atoms with Gasteiger partial charge in [0.05, 0.1) is 11.1 Å². The Labute approximate surface area is 186 Å². The van der Waals surface area contributed by atoms with Crippen molar-refractivity contribution in [1.82, 2.24) is 0 Å². The van der Waals surface area contributed by atoms with Gasteiger partial charge in [0.25, 0.3) is 0 Å². The average molecular weight is 469 g/mol. The summed E-state index contributed by atoms with van der Waals surface area (Å²) >= 11 is 0. The molecule has 0 aromatic heterocycles. The third kappa shape index (κ3) is 6.41. The molecule has 3 nitrogen and oxygen atoms in total. The molecule has 176 valence electrons. The summed E-state index contributed by atoms with van der Waals surface area (Å²) in [5, 5.41) is 0. The highest BCUT2D eigenvalue weighted by Gasteiger charge is 2.34. The fraction of sp³-hybridized carbons (Fsp3) is 0.250. The lowest BCUT2D eigenvalue weighted by molar-refractivity contribution is -0.139. The van der Waals surface area contributed by atoms with Crippen molar-refractivity contribution >= 4 is 0 Å². The molecule has 3 rings (SSSR count). The first-order chi connectivity index (χ1) is 15.6. The predicted molar refractivity (Wildman–Crippen MR) is 111 cm³/mol. The molecule has 3 aromatic rings. The first-order valence-corrected chi connectivity index (χ1v) is 9.98. The van der Waals surface area contributed by atoms with Crippen LogP contribution in [0, 0.1) is 0 Å². The standard InChI is InChI=1S/C24H21F6NO2/c25-23(26,27)19-7-3-1-5-17(19)14-32-21-10-9-16(11-12-31)13-22(21)33-15-18-6-2-4-8-20(18)24(28,29)30/h1-10,13H,11-12,14-15,31H2. The van der Waals surface area contributed by atoms with Crippen LogP contribution in [0.3, 0.4) is 0 Å². The van der Waals surface area contributed by atoms with Crippen LogP contribution in [0.2, 0.25) is 0 Å². The van der Waals surface area contributed by atoms with Gasteiger partial charge in [0.2, 0.25) is 0 Å². The third-order valence-electron chi connectivity index (χ3n) is 4.85. The number of hydrogen-bond acceptors (Lipinski definition) is 3. The lowest BCUT2D eigenvalue weighted by Crippen LogP contribution is -2.12. The number of hydrogen-bond donors (Lipinski definition) is 1. The molecule has 0 heterocycles. The van der Waals surface area contributed by atoms with Crippen molar-refractivity contribution in [2.75, 3.05) is 6.54 Å². The Balaban J connectivity index is 1.85. The van der Waals surface area contributed by atoms with E-state index in [9.17, 15) is 26.3 Å². The zero-order chi connectivity index (χ0) is 24.1. The van der Waals surface area contributed by atoms with Crippen LogP contribution >= 0.6 is 0 Å². The van der Waals surface area contributed by atoms with E-state index < -0.39 is 36.7 Å². The summed E-state index contributed by atoms with van der Waals surface area (Å²) in [6, 6.07) is 14.7. The summed E-state index contributed by atoms with van der Waals surface area (Å²) in [6.45, 7) is -0.478. The number of rotatable bonds is 8. The van der Waals surface area contributed by atoms with Gasteiger partial charge in [-0.05, 0) is 42.8 Å². The highest BCUT2D eigenvalue weighted by atomic mass is 19.4. The third-order valence-corrected chi connectivity index (χ3v) is 4.85. The highest BCUT2D eigenvalue weighted by Crippen LogP contribution is 2.36. The van der Waals surface area contributed by atoms with E-state index in [4.69, 9.17) is 15.2 Å². The smallest absolute Gasteiger partial charge is 0.416 e. The molecule has 0 spiro atoms. The minimum absolute atomic E-state index is 0.0793. The van der Waals surface area contributed by atoms with E-state index in [2.05, 4.69) is 0 Å². The average Bonchev–Trinajstić information content (AvgIpc) is 2.76. The molecule has 0 aliphatic rings. The minimum atomic E-state index is -4.55. The van der Waals surface area contributed by atoms with Crippen LogP contribution in [0.4, 0.5) is 26.3 Å². The molecule has 33 heavy (non-hydrogen) atoms. The van der Waals surface area contributed by atoms with Crippen molar-refractivity contribution in [3.8, 4) is 11.5 Å². The minimum Gasteiger partial charge on any atom is -0.485 e. The molecule has 0 saturated carbocycles. The summed E-state index contributed by atoms with van der Waals surface area (Å²) in [7, 11) is 0. The van der Waals surface area contributed by atoms with E-state index in [0.29, 0.717) is 13.0 Å². The van der Waals surface area contributed by atoms with Gasteiger partial charge in [0, 0.05) is 11.1 Å². The van der Waals surface area contributed by atoms with Gasteiger partial charge in [-0.25, -0.2) is 0 Å². The second-order valence-electron chi connectivity index (χ2n) is 7.21. The van der Waals surface area contributed by atoms with E-state index in [1.165, 1.54) is 42.5 Å². The number of halogens is 6. The molecule has 0 fully saturated rings. The highest BCUT2D eigenvalue weighted by molar-refractivity contribution is 5.44. The van der Waals surface area contributed by atoms with Gasteiger partial charge in [-0.2, -0.15) is 26.3 Å². The molecule has 0 aliphatic heterocycles. The monoisotopic (exact) mass is 469 g/mol. The fourth-order valence-electron chi connectivity index (χ4n) is 3.26. The first kappa shape index (κ1) is 24.4. The largest absolute Gasteiger partial charge is 0.485 e. The van der Waals surface area contributed by atoms with Crippen LogP contribution in [0.25, 0.3) is 0 Å². The number of alkyl halides is 6. The van der Waals surface area contributed by atoms with E-state index in [1.54, 1.807) is 12.1 Å². The van der Waals surface area contributed by atoms with Crippen LogP contribution in [0.15, 0.2) is 66.7 Å². The van der Waals surface area contributed by atoms with Crippen molar-refractivity contribution in [2.24, 2.45) is 5.73 Å². The SMILES string of the molecule is NCCc1ccc(OCc2ccccc2C(F)(F)F)c(OCc2ccccc2C(F)(F)F)c1. The zero-order valence-corrected chi connectivity index (χ0v) is 17.3. The lowest BCUT2D eigenvalue weighted by atomic mass is 10.1. The maximum atomic E-state index is 13.3. The van der Waals surface area contributed by atoms with Gasteiger partial charge >= 0.3 is 12.4 Å². The van der Waals surface area contributed by atoms with E-state index in [0.717, 1.165) is 17.7 Å². The molecule has 0 aliphatic carbocycles. The Morgan fingerprint density at radius 3 is 1.61 bits per heavy atom. The zero-order valence-electron chi connectivity index (χ0n) is 17.3. The van der Waals surface area contributed by atoms with Gasteiger partial charge in [-0.3, -0.25) is 0 Å². The van der Waals surface area contributed by atoms with E-state index in [1.807, 2.05) is 0 Å². The molecule has 0 saturated heterocycles. The number of benzene rings is 3. The first-order valence-electron chi connectivity index (χ1n) is 9.98. The number of nitrogens with two attached hydrogens (primary N) is 1. The maximum absolute atomic E-state index is 13.3. The Hall–Kier alpha value is -3.20. The molecule has 0 bridgehead atoms. The lowest BCUT2D eigenvalue weighted by Gasteiger charge is -2.18. The Kier molecular flexibility index (Phi) is 7.53. The Morgan fingerprint density at radius 1 is 0.636 bits per heavy atom. The van der Waals surface area contributed by atoms with E-state index in [-0.39, 0.29) is 22.6 Å². The van der Waals surface area contributed by atoms with E-state index >= 15 is 0 Å². The normalized spacial score (nSPS) is 12.0. The molecule has 9 heteroatoms. The summed E-state index contributed by atoms with van der Waals surface area (Å²) in [6.07, 6.45) is -8.62. The summed E-state index contributed by atoms with van der Waals surface area (Å²) in [4.78, 5) is 0. The second-order valence-corrected chi connectivity index (χ2v) is 7.21. The number of ether oxygens (including phenoxy) is 2. The maximum Gasteiger partial charge on any atom is 0.416 e. The van der Waals surface area contributed by atoms with Crippen LogP contribution < -0.4 is 15.2 Å². The van der Waals surface area contributed by atoms with Crippen LogP contribution in [-0.2, 0) is 32.0 Å². The molecule has 0 atom stereocenters. The van der Waals surface area contributed by atoms with Crippen LogP contribution in [-0.4, -0.2) is 6.54 Å². The van der Waals surface area contributed by atoms with Crippen molar-refractivity contribution in [3.05, 3.63) is 94.5 Å². The molecule has 3 aromatic carbocycles. The van der Waals surface area contributed by atoms with Crippen LogP contribution in [0.1, 0.15) is 27.8 Å². The van der Waals surface area contributed by atoms with Gasteiger partial charge in [0.1, 0.15) is 13.2 Å². The molecular formula is C24H21F6NO2. The Bertz CT molecular complexity index is 1080. The van der Waals surface area contributed by atoms with Crippen molar-refractivity contribution in [3.63, 3.8) is 0 Å². The fourth-order valence-corrected chi connectivity index (χ4v) is 3.26. The summed E-state index contributed by atoms with van der Waals surface area (Å²) in [5.41, 5.74) is 4.50. The predicted octanol–water partition coefficient (Wildman–Crippen LogP) is 6.38. The summed E-state index contributed by atoms with van der Waals surface area (Å²) < 4.78 is 90.8. The molecule has 0 unspecified atom stereocenters. The molecule has 0 radical (unpaired) electrons. The van der Waals surface area contributed by atoms with Gasteiger partial charge < -0.3 is 15.2 Å². The Morgan fingerprint density at radius 2 is 1.12 bits per heavy atom. The second kappa shape index (κ2) is 10.2. The van der Waals surface area contributed by atoms with Crippen molar-refractivity contribution in [1.29, 1.82) is 0 Å². The summed E-state index contributed by atoms with van der Waals surface area (Å²) in [5.74, 6) is 0.222. The van der Waals surface area contributed by atoms with Crippen molar-refractivity contribution in [2.45, 2.75) is 32.0 Å². The van der Waals surface area contributed by atoms with Crippen molar-refractivity contribution < 1.29 is 35.8 Å². The van der Waals surface area contributed by atoms with Crippen LogP contribution in [0.5, 0.6) is 11.5 Å². The van der Waals surface area contributed by atoms with Gasteiger partial charge in [-0.15, -0.1) is 0 Å². The molecule has 2 N–H and O–H groups in total.